The zero-order chi connectivity index (χ0) is 25.6. The Kier molecular flexibility index (Phi) is 4.06. The number of esters is 3. The van der Waals surface area contributed by atoms with Crippen LogP contribution >= 0.6 is 0 Å². The Labute approximate surface area is 207 Å². The van der Waals surface area contributed by atoms with Gasteiger partial charge in [0.1, 0.15) is 24.1 Å². The van der Waals surface area contributed by atoms with Gasteiger partial charge >= 0.3 is 17.9 Å². The fourth-order valence-electron chi connectivity index (χ4n) is 9.51. The van der Waals surface area contributed by atoms with Crippen LogP contribution in [-0.2, 0) is 42.9 Å². The topological polar surface area (TPSA) is 138 Å². The molecular weight excluding hydrogens is 472 g/mol. The van der Waals surface area contributed by atoms with Crippen LogP contribution in [0, 0.1) is 28.1 Å². The van der Waals surface area contributed by atoms with Gasteiger partial charge < -0.3 is 28.8 Å². The highest BCUT2D eigenvalue weighted by atomic mass is 16.7. The molecule has 2 saturated carbocycles. The molecule has 7 rings (SSSR count). The summed E-state index contributed by atoms with van der Waals surface area (Å²) in [7, 11) is 0. The number of carbonyl (C=O) groups is 4. The van der Waals surface area contributed by atoms with Crippen LogP contribution in [0.1, 0.15) is 53.4 Å². The molecule has 10 nitrogen and oxygen atoms in total. The van der Waals surface area contributed by atoms with E-state index in [4.69, 9.17) is 23.7 Å². The Morgan fingerprint density at radius 2 is 1.69 bits per heavy atom. The maximum atomic E-state index is 14.3. The predicted molar refractivity (Wildman–Crippen MR) is 117 cm³/mol. The van der Waals surface area contributed by atoms with Crippen LogP contribution in [0.2, 0.25) is 0 Å². The van der Waals surface area contributed by atoms with Crippen molar-refractivity contribution in [3.8, 4) is 0 Å². The molecule has 1 N–H and O–H groups in total. The van der Waals surface area contributed by atoms with Gasteiger partial charge in [-0.1, -0.05) is 6.92 Å². The molecule has 0 unspecified atom stereocenters. The molecule has 7 aliphatic rings. The summed E-state index contributed by atoms with van der Waals surface area (Å²) in [4.78, 5) is 52.3. The summed E-state index contributed by atoms with van der Waals surface area (Å²) in [6, 6.07) is 0. The lowest BCUT2D eigenvalue weighted by atomic mass is 9.37. The van der Waals surface area contributed by atoms with E-state index in [1.165, 1.54) is 6.08 Å². The van der Waals surface area contributed by atoms with E-state index in [-0.39, 0.29) is 48.6 Å². The van der Waals surface area contributed by atoms with E-state index < -0.39 is 64.0 Å². The minimum Gasteiger partial charge on any atom is -0.465 e. The predicted octanol–water partition coefficient (Wildman–Crippen LogP) is 0.973. The molecule has 36 heavy (non-hydrogen) atoms. The van der Waals surface area contributed by atoms with Gasteiger partial charge in [-0.25, -0.2) is 9.59 Å². The van der Waals surface area contributed by atoms with Gasteiger partial charge in [0.05, 0.1) is 29.1 Å². The summed E-state index contributed by atoms with van der Waals surface area (Å²) >= 11 is 0. The smallest absolute Gasteiger partial charge is 0.340 e. The van der Waals surface area contributed by atoms with Gasteiger partial charge in [-0.3, -0.25) is 9.59 Å². The van der Waals surface area contributed by atoms with Crippen LogP contribution in [0.25, 0.3) is 0 Å². The van der Waals surface area contributed by atoms with Crippen LogP contribution in [-0.4, -0.2) is 71.2 Å². The molecule has 0 bridgehead atoms. The largest absolute Gasteiger partial charge is 0.465 e. The summed E-state index contributed by atoms with van der Waals surface area (Å²) in [6.45, 7) is 7.88. The summed E-state index contributed by atoms with van der Waals surface area (Å²) < 4.78 is 29.1. The maximum Gasteiger partial charge on any atom is 0.340 e. The SMILES string of the molecule is CC1(C)O[C@H]2CC(=O)OC[C@]23[C@H]2CC[C@@]4(C)[C@H](C5=C[C@H](O)OC5=O)OC(=O)[C@H]5O[C@]54[C@]2(C)C(=O)C[C@@H]13. The van der Waals surface area contributed by atoms with Crippen LogP contribution in [0.5, 0.6) is 0 Å². The molecule has 0 aromatic heterocycles. The fourth-order valence-corrected chi connectivity index (χ4v) is 9.51. The number of aliphatic hydroxyl groups excluding tert-OH is 1. The van der Waals surface area contributed by atoms with Crippen LogP contribution in [0.3, 0.4) is 0 Å². The Balaban J connectivity index is 1.39. The van der Waals surface area contributed by atoms with Gasteiger partial charge in [-0.2, -0.15) is 0 Å². The number of hydrogen-bond acceptors (Lipinski definition) is 10. The number of cyclic esters (lactones) is 3. The van der Waals surface area contributed by atoms with Crippen molar-refractivity contribution < 1.29 is 48.0 Å². The molecule has 10 heteroatoms. The second kappa shape index (κ2) is 6.39. The van der Waals surface area contributed by atoms with Gasteiger partial charge in [0, 0.05) is 23.2 Å². The number of Topliss-reactive ketones (excluding diaryl/α,β-unsaturated/α-hetero) is 1. The molecule has 10 atom stereocenters. The Hall–Kier alpha value is -2.30. The third-order valence-electron chi connectivity index (χ3n) is 11.0. The minimum atomic E-state index is -1.41. The van der Waals surface area contributed by atoms with Gasteiger partial charge in [0.2, 0.25) is 6.29 Å². The molecule has 2 aliphatic carbocycles. The Morgan fingerprint density at radius 3 is 2.39 bits per heavy atom. The minimum absolute atomic E-state index is 0.0118. The number of rotatable bonds is 1. The molecule has 194 valence electrons. The van der Waals surface area contributed by atoms with Crippen LogP contribution in [0.15, 0.2) is 11.6 Å². The maximum absolute atomic E-state index is 14.3. The monoisotopic (exact) mass is 502 g/mol. The molecule has 0 aromatic carbocycles. The van der Waals surface area contributed by atoms with E-state index in [0.717, 1.165) is 0 Å². The zero-order valence-corrected chi connectivity index (χ0v) is 20.7. The van der Waals surface area contributed by atoms with Crippen molar-refractivity contribution in [3.63, 3.8) is 0 Å². The van der Waals surface area contributed by atoms with Gasteiger partial charge in [0.25, 0.3) is 0 Å². The number of aliphatic hydroxyl groups is 1. The summed E-state index contributed by atoms with van der Waals surface area (Å²) in [6.07, 6.45) is -1.12. The molecule has 0 amide bonds. The second-order valence-electron chi connectivity index (χ2n) is 12.5. The highest BCUT2D eigenvalue weighted by molar-refractivity contribution is 5.96. The van der Waals surface area contributed by atoms with Gasteiger partial charge in [-0.05, 0) is 45.6 Å². The lowest BCUT2D eigenvalue weighted by Crippen LogP contribution is -2.74. The van der Waals surface area contributed by atoms with Crippen molar-refractivity contribution in [2.45, 2.75) is 89.2 Å². The Morgan fingerprint density at radius 1 is 0.944 bits per heavy atom. The molecule has 0 aromatic rings. The Bertz CT molecular complexity index is 1170. The van der Waals surface area contributed by atoms with E-state index >= 15 is 0 Å². The number of epoxide rings is 1. The van der Waals surface area contributed by atoms with E-state index in [0.29, 0.717) is 12.8 Å². The second-order valence-corrected chi connectivity index (χ2v) is 12.5. The summed E-state index contributed by atoms with van der Waals surface area (Å²) in [5.74, 6) is -2.12. The summed E-state index contributed by atoms with van der Waals surface area (Å²) in [5, 5.41) is 9.90. The first-order valence-electron chi connectivity index (χ1n) is 12.7. The van der Waals surface area contributed by atoms with Crippen molar-refractivity contribution in [1.82, 2.24) is 0 Å². The van der Waals surface area contributed by atoms with Crippen molar-refractivity contribution >= 4 is 23.7 Å². The van der Waals surface area contributed by atoms with Crippen molar-refractivity contribution in [1.29, 1.82) is 0 Å². The molecule has 4 saturated heterocycles. The number of ketones is 1. The standard InChI is InChI=1S/C26H30O10/c1-22(2)13-8-14(27)24(4)12(25(13)10-32-16(28)9-15(25)35-22)5-6-23(3)18(11-7-17(29)33-20(11)30)34-21(31)19-26(23,24)36-19/h7,12-13,15,17-19,29H,5-6,8-10H2,1-4H3/t12-,13-,15-,17+,18-,19+,23-,24-,25+,26+/m0/s1. The third-order valence-corrected chi connectivity index (χ3v) is 11.0. The average Bonchev–Trinajstić information content (AvgIpc) is 3.43. The number of hydrogen-bond donors (Lipinski definition) is 1. The fraction of sp³-hybridized carbons (Fsp3) is 0.769. The average molecular weight is 503 g/mol. The van der Waals surface area contributed by atoms with Crippen LogP contribution in [0.4, 0.5) is 0 Å². The van der Waals surface area contributed by atoms with E-state index in [2.05, 4.69) is 0 Å². The van der Waals surface area contributed by atoms with Crippen molar-refractivity contribution in [3.05, 3.63) is 11.6 Å². The number of ether oxygens (including phenoxy) is 5. The molecule has 6 fully saturated rings. The van der Waals surface area contributed by atoms with Gasteiger partial charge in [-0.15, -0.1) is 0 Å². The zero-order valence-electron chi connectivity index (χ0n) is 20.7. The van der Waals surface area contributed by atoms with E-state index in [1.54, 1.807) is 0 Å². The number of carbonyl (C=O) groups excluding carboxylic acids is 4. The first-order valence-corrected chi connectivity index (χ1v) is 12.7. The quantitative estimate of drug-likeness (QED) is 0.314. The third kappa shape index (κ3) is 2.23. The molecule has 2 spiro atoms. The number of fused-ring (bicyclic) bond motifs is 1. The summed E-state index contributed by atoms with van der Waals surface area (Å²) in [5.41, 5.74) is -4.37. The van der Waals surface area contributed by atoms with Gasteiger partial charge in [0.15, 0.2) is 6.10 Å². The van der Waals surface area contributed by atoms with Crippen LogP contribution < -0.4 is 0 Å². The normalized spacial score (nSPS) is 54.1. The first-order chi connectivity index (χ1) is 16.8. The van der Waals surface area contributed by atoms with Crippen molar-refractivity contribution in [2.24, 2.45) is 28.1 Å². The molecule has 0 radical (unpaired) electrons. The van der Waals surface area contributed by atoms with E-state index in [9.17, 15) is 24.3 Å². The highest BCUT2D eigenvalue weighted by Crippen LogP contribution is 2.78. The first kappa shape index (κ1) is 22.9. The highest BCUT2D eigenvalue weighted by Gasteiger charge is 2.90. The molecule has 5 aliphatic heterocycles. The van der Waals surface area contributed by atoms with E-state index in [1.807, 2.05) is 27.7 Å². The lowest BCUT2D eigenvalue weighted by Gasteiger charge is -2.65. The lowest BCUT2D eigenvalue weighted by molar-refractivity contribution is -0.221. The molecular formula is C26H30O10. The van der Waals surface area contributed by atoms with Crippen molar-refractivity contribution in [2.75, 3.05) is 6.61 Å². The molecule has 5 heterocycles.